The minimum absolute atomic E-state index is 0.332. The van der Waals surface area contributed by atoms with Gasteiger partial charge in [0.25, 0.3) is 0 Å². The van der Waals surface area contributed by atoms with Crippen molar-refractivity contribution in [3.05, 3.63) is 0 Å². The fourth-order valence-corrected chi connectivity index (χ4v) is 1.76. The zero-order valence-corrected chi connectivity index (χ0v) is 6.27. The van der Waals surface area contributed by atoms with Crippen molar-refractivity contribution < 1.29 is 5.11 Å². The lowest BCUT2D eigenvalue weighted by Gasteiger charge is -2.20. The Balaban J connectivity index is 1.86. The van der Waals surface area contributed by atoms with Crippen molar-refractivity contribution in [2.24, 2.45) is 5.92 Å². The van der Waals surface area contributed by atoms with E-state index in [2.05, 4.69) is 5.32 Å². The number of β-amino-alcohol motifs (C(OH)–C–C–N with tert-alkyl or cyclic N) is 1. The van der Waals surface area contributed by atoms with Gasteiger partial charge in [0.05, 0.1) is 5.60 Å². The first-order valence-corrected chi connectivity index (χ1v) is 4.22. The number of rotatable bonds is 2. The Hall–Kier alpha value is -0.0800. The molecular weight excluding hydrogens is 126 g/mol. The summed E-state index contributed by atoms with van der Waals surface area (Å²) in [4.78, 5) is 0. The van der Waals surface area contributed by atoms with Gasteiger partial charge in [-0.15, -0.1) is 0 Å². The Kier molecular flexibility index (Phi) is 1.46. The van der Waals surface area contributed by atoms with Crippen LogP contribution in [0.1, 0.15) is 25.7 Å². The number of nitrogens with one attached hydrogen (secondary N) is 1. The van der Waals surface area contributed by atoms with Crippen LogP contribution >= 0.6 is 0 Å². The normalized spacial score (nSPS) is 40.5. The molecule has 2 heteroatoms. The van der Waals surface area contributed by atoms with Gasteiger partial charge in [-0.05, 0) is 25.3 Å². The Labute approximate surface area is 61.6 Å². The van der Waals surface area contributed by atoms with Gasteiger partial charge in [-0.1, -0.05) is 12.8 Å². The zero-order valence-electron chi connectivity index (χ0n) is 6.27. The summed E-state index contributed by atoms with van der Waals surface area (Å²) in [6.45, 7) is 1.83. The molecule has 1 aliphatic carbocycles. The maximum atomic E-state index is 9.84. The van der Waals surface area contributed by atoms with Crippen LogP contribution < -0.4 is 5.32 Å². The van der Waals surface area contributed by atoms with Crippen LogP contribution in [0.5, 0.6) is 0 Å². The van der Waals surface area contributed by atoms with E-state index in [1.54, 1.807) is 0 Å². The van der Waals surface area contributed by atoms with Crippen molar-refractivity contribution in [1.29, 1.82) is 0 Å². The van der Waals surface area contributed by atoms with E-state index in [4.69, 9.17) is 0 Å². The third-order valence-corrected chi connectivity index (χ3v) is 2.59. The molecule has 1 saturated heterocycles. The molecule has 2 rings (SSSR count). The van der Waals surface area contributed by atoms with Gasteiger partial charge in [-0.2, -0.15) is 0 Å². The summed E-state index contributed by atoms with van der Waals surface area (Å²) < 4.78 is 0. The average molecular weight is 141 g/mol. The maximum Gasteiger partial charge on any atom is 0.0786 e. The van der Waals surface area contributed by atoms with E-state index in [0.717, 1.165) is 31.8 Å². The van der Waals surface area contributed by atoms with Crippen LogP contribution in [-0.2, 0) is 0 Å². The molecule has 0 bridgehead atoms. The van der Waals surface area contributed by atoms with Crippen LogP contribution in [0, 0.1) is 5.92 Å². The van der Waals surface area contributed by atoms with Crippen molar-refractivity contribution in [2.75, 3.05) is 13.1 Å². The zero-order chi connectivity index (χ0) is 7.03. The van der Waals surface area contributed by atoms with Crippen molar-refractivity contribution in [2.45, 2.75) is 31.3 Å². The van der Waals surface area contributed by atoms with Crippen LogP contribution in [0.2, 0.25) is 0 Å². The lowest BCUT2D eigenvalue weighted by molar-refractivity contribution is 0.0466. The molecular formula is C8H15NO. The SMILES string of the molecule is OC1(CC2CC2)CCNC1. The van der Waals surface area contributed by atoms with Gasteiger partial charge >= 0.3 is 0 Å². The first-order chi connectivity index (χ1) is 4.79. The van der Waals surface area contributed by atoms with E-state index in [-0.39, 0.29) is 5.60 Å². The van der Waals surface area contributed by atoms with Gasteiger partial charge in [0.1, 0.15) is 0 Å². The Morgan fingerprint density at radius 3 is 2.80 bits per heavy atom. The van der Waals surface area contributed by atoms with Crippen molar-refractivity contribution in [3.63, 3.8) is 0 Å². The smallest absolute Gasteiger partial charge is 0.0786 e. The van der Waals surface area contributed by atoms with Crippen LogP contribution in [0.4, 0.5) is 0 Å². The van der Waals surface area contributed by atoms with Gasteiger partial charge in [0, 0.05) is 6.54 Å². The topological polar surface area (TPSA) is 32.3 Å². The largest absolute Gasteiger partial charge is 0.389 e. The second-order valence-electron chi connectivity index (χ2n) is 3.80. The molecule has 0 aromatic carbocycles. The molecule has 1 saturated carbocycles. The molecule has 1 atom stereocenters. The molecule has 0 spiro atoms. The van der Waals surface area contributed by atoms with Gasteiger partial charge < -0.3 is 10.4 Å². The standard InChI is InChI=1S/C8H15NO/c10-8(3-4-9-6-8)5-7-1-2-7/h7,9-10H,1-6H2. The molecule has 2 N–H and O–H groups in total. The predicted octanol–water partition coefficient (Wildman–Crippen LogP) is 0.511. The molecule has 0 radical (unpaired) electrons. The minimum Gasteiger partial charge on any atom is -0.389 e. The minimum atomic E-state index is -0.332. The predicted molar refractivity (Wildman–Crippen MR) is 39.8 cm³/mol. The molecule has 0 amide bonds. The fourth-order valence-electron chi connectivity index (χ4n) is 1.76. The molecule has 10 heavy (non-hydrogen) atoms. The Bertz CT molecular complexity index is 125. The summed E-state index contributed by atoms with van der Waals surface area (Å²) >= 11 is 0. The summed E-state index contributed by atoms with van der Waals surface area (Å²) in [6, 6.07) is 0. The first-order valence-electron chi connectivity index (χ1n) is 4.22. The van der Waals surface area contributed by atoms with E-state index >= 15 is 0 Å². The van der Waals surface area contributed by atoms with E-state index in [9.17, 15) is 5.11 Å². The highest BCUT2D eigenvalue weighted by atomic mass is 16.3. The molecule has 0 aromatic rings. The molecule has 2 aliphatic rings. The summed E-state index contributed by atoms with van der Waals surface area (Å²) in [5, 5.41) is 13.0. The summed E-state index contributed by atoms with van der Waals surface area (Å²) in [7, 11) is 0. The fraction of sp³-hybridized carbons (Fsp3) is 1.00. The summed E-state index contributed by atoms with van der Waals surface area (Å²) in [5.41, 5.74) is -0.332. The third-order valence-electron chi connectivity index (χ3n) is 2.59. The van der Waals surface area contributed by atoms with Crippen molar-refractivity contribution in [1.82, 2.24) is 5.32 Å². The highest BCUT2D eigenvalue weighted by molar-refractivity contribution is 4.92. The molecule has 1 heterocycles. The van der Waals surface area contributed by atoms with Crippen molar-refractivity contribution in [3.8, 4) is 0 Å². The Morgan fingerprint density at radius 1 is 1.50 bits per heavy atom. The van der Waals surface area contributed by atoms with E-state index in [1.165, 1.54) is 12.8 Å². The number of hydrogen-bond donors (Lipinski definition) is 2. The van der Waals surface area contributed by atoms with Gasteiger partial charge in [0.15, 0.2) is 0 Å². The van der Waals surface area contributed by atoms with Crippen molar-refractivity contribution >= 4 is 0 Å². The number of aliphatic hydroxyl groups is 1. The monoisotopic (exact) mass is 141 g/mol. The molecule has 1 aliphatic heterocycles. The van der Waals surface area contributed by atoms with Crippen LogP contribution in [0.15, 0.2) is 0 Å². The van der Waals surface area contributed by atoms with E-state index in [1.807, 2.05) is 0 Å². The quantitative estimate of drug-likeness (QED) is 0.587. The van der Waals surface area contributed by atoms with Crippen LogP contribution in [0.25, 0.3) is 0 Å². The molecule has 2 fully saturated rings. The average Bonchev–Trinajstić information content (AvgIpc) is 2.56. The van der Waals surface area contributed by atoms with Crippen LogP contribution in [0.3, 0.4) is 0 Å². The first kappa shape index (κ1) is 6.62. The second kappa shape index (κ2) is 2.21. The van der Waals surface area contributed by atoms with Gasteiger partial charge in [-0.3, -0.25) is 0 Å². The molecule has 58 valence electrons. The molecule has 2 nitrogen and oxygen atoms in total. The lowest BCUT2D eigenvalue weighted by atomic mass is 9.96. The van der Waals surface area contributed by atoms with E-state index < -0.39 is 0 Å². The lowest BCUT2D eigenvalue weighted by Crippen LogP contribution is -2.31. The third kappa shape index (κ3) is 1.32. The van der Waals surface area contributed by atoms with E-state index in [0.29, 0.717) is 0 Å². The molecule has 0 aromatic heterocycles. The van der Waals surface area contributed by atoms with Gasteiger partial charge in [0.2, 0.25) is 0 Å². The highest BCUT2D eigenvalue weighted by Crippen LogP contribution is 2.38. The van der Waals surface area contributed by atoms with Crippen LogP contribution in [-0.4, -0.2) is 23.8 Å². The summed E-state index contributed by atoms with van der Waals surface area (Å²) in [5.74, 6) is 0.852. The second-order valence-corrected chi connectivity index (χ2v) is 3.80. The molecule has 1 unspecified atom stereocenters. The Morgan fingerprint density at radius 2 is 2.30 bits per heavy atom. The van der Waals surface area contributed by atoms with Gasteiger partial charge in [-0.25, -0.2) is 0 Å². The summed E-state index contributed by atoms with van der Waals surface area (Å²) in [6.07, 6.45) is 4.70. The number of hydrogen-bond acceptors (Lipinski definition) is 2. The maximum absolute atomic E-state index is 9.84. The highest BCUT2D eigenvalue weighted by Gasteiger charge is 2.37.